The predicted molar refractivity (Wildman–Crippen MR) is 287 cm³/mol. The van der Waals surface area contributed by atoms with E-state index < -0.39 is 21.5 Å². The van der Waals surface area contributed by atoms with Crippen molar-refractivity contribution in [3.63, 3.8) is 0 Å². The lowest BCUT2D eigenvalue weighted by Gasteiger charge is -2.31. The van der Waals surface area contributed by atoms with Crippen molar-refractivity contribution in [2.45, 2.75) is 170 Å². The number of rotatable bonds is 26. The number of halogens is 4. The van der Waals surface area contributed by atoms with Crippen LogP contribution in [0.3, 0.4) is 0 Å². The van der Waals surface area contributed by atoms with E-state index in [4.69, 9.17) is 51.1 Å². The lowest BCUT2D eigenvalue weighted by atomic mass is 9.76. The number of carbonyl (C=O) groups excluding carboxylic acids is 1. The first-order chi connectivity index (χ1) is 32.3. The van der Waals surface area contributed by atoms with Crippen LogP contribution in [0.5, 0.6) is 5.75 Å². The van der Waals surface area contributed by atoms with Gasteiger partial charge in [-0.1, -0.05) is 196 Å². The molecule has 0 fully saturated rings. The van der Waals surface area contributed by atoms with Crippen LogP contribution in [-0.2, 0) is 25.5 Å². The van der Waals surface area contributed by atoms with Crippen LogP contribution in [0.15, 0.2) is 92.3 Å². The number of hydrogen-bond acceptors (Lipinski definition) is 7. The molecule has 68 heavy (non-hydrogen) atoms. The molecule has 15 heteroatoms. The predicted octanol–water partition coefficient (Wildman–Crippen LogP) is 16.5. The average Bonchev–Trinajstić information content (AvgIpc) is 3.59. The second-order valence-corrected chi connectivity index (χ2v) is 23.5. The fourth-order valence-electron chi connectivity index (χ4n) is 7.76. The van der Waals surface area contributed by atoms with E-state index in [1.165, 1.54) is 73.0 Å². The number of aromatic nitrogens is 2. The zero-order valence-electron chi connectivity index (χ0n) is 40.7. The van der Waals surface area contributed by atoms with E-state index in [2.05, 4.69) is 76.3 Å². The number of nitrogens with zero attached hydrogens (tertiary/aromatic N) is 1. The number of amides is 1. The first-order valence-electron chi connectivity index (χ1n) is 23.9. The monoisotopic (exact) mass is 1040 g/mol. The Morgan fingerprint density at radius 2 is 1.37 bits per heavy atom. The zero-order chi connectivity index (χ0) is 49.8. The molecule has 5 rings (SSSR count). The van der Waals surface area contributed by atoms with Crippen molar-refractivity contribution in [3.8, 4) is 11.4 Å². The van der Waals surface area contributed by atoms with Crippen molar-refractivity contribution >= 4 is 91.1 Å². The van der Waals surface area contributed by atoms with Gasteiger partial charge in [-0.25, -0.2) is 13.1 Å². The van der Waals surface area contributed by atoms with Gasteiger partial charge in [-0.3, -0.25) is 14.7 Å². The molecule has 0 aliphatic carbocycles. The summed E-state index contributed by atoms with van der Waals surface area (Å²) in [5, 5.41) is 10.1. The van der Waals surface area contributed by atoms with Crippen molar-refractivity contribution in [1.29, 1.82) is 0 Å². The number of nitrogens with one attached hydrogen (secondary N) is 3. The summed E-state index contributed by atoms with van der Waals surface area (Å²) in [4.78, 5) is 29.5. The van der Waals surface area contributed by atoms with Gasteiger partial charge in [0.2, 0.25) is 0 Å². The van der Waals surface area contributed by atoms with E-state index >= 15 is 0 Å². The van der Waals surface area contributed by atoms with E-state index in [1.54, 1.807) is 30.3 Å². The highest BCUT2D eigenvalue weighted by Crippen LogP contribution is 2.41. The largest absolute Gasteiger partial charge is 0.480 e. The van der Waals surface area contributed by atoms with Gasteiger partial charge in [0.05, 0.1) is 37.1 Å². The quantitative estimate of drug-likeness (QED) is 0.0472. The van der Waals surface area contributed by atoms with Gasteiger partial charge in [-0.15, -0.1) is 0 Å². The number of unbranched alkanes of at least 4 members (excludes halogenated alkanes) is 9. The number of carbonyl (C=O) groups is 1. The molecule has 0 bridgehead atoms. The number of anilines is 3. The third-order valence-electron chi connectivity index (χ3n) is 12.9. The summed E-state index contributed by atoms with van der Waals surface area (Å²) in [5.74, 6) is 0.550. The number of sulfone groups is 1. The molecule has 1 amide bonds. The van der Waals surface area contributed by atoms with Gasteiger partial charge >= 0.3 is 0 Å². The molecule has 1 heterocycles. The average molecular weight is 1050 g/mol. The van der Waals surface area contributed by atoms with Crippen molar-refractivity contribution < 1.29 is 17.9 Å². The van der Waals surface area contributed by atoms with Crippen LogP contribution in [0, 0.1) is 0 Å². The molecular formula is C53H68Cl4N4O5S2. The minimum atomic E-state index is -3.60. The number of hydrogen-bond donors (Lipinski definition) is 3. The van der Waals surface area contributed by atoms with Gasteiger partial charge < -0.3 is 15.4 Å². The van der Waals surface area contributed by atoms with Gasteiger partial charge in [0, 0.05) is 15.5 Å². The summed E-state index contributed by atoms with van der Waals surface area (Å²) in [6.45, 7) is 17.3. The summed E-state index contributed by atoms with van der Waals surface area (Å²) >= 11 is 27.4. The molecule has 0 radical (unpaired) electrons. The minimum absolute atomic E-state index is 0.0238. The SMILES string of the molecule is CCCCCCCCCCCCS(=O)(=O)c1ccc(Nc2[nH]n(-c3c(Cl)cc(Cl)cc3Cl)c(=O)c2Sc2ccccc2NC(=O)C(CC)Oc2ccc(C(C)(C)CC)cc2C(C)(C)CC)c(Cl)c1. The molecule has 1 atom stereocenters. The Kier molecular flexibility index (Phi) is 20.3. The van der Waals surface area contributed by atoms with Crippen LogP contribution in [0.1, 0.15) is 150 Å². The van der Waals surface area contributed by atoms with Gasteiger partial charge in [-0.05, 0) is 90.6 Å². The lowest BCUT2D eigenvalue weighted by Crippen LogP contribution is -2.33. The fraction of sp³-hybridized carbons (Fsp3) is 0.472. The van der Waals surface area contributed by atoms with Gasteiger partial charge in [0.15, 0.2) is 15.9 Å². The van der Waals surface area contributed by atoms with Crippen LogP contribution in [-0.4, -0.2) is 36.0 Å². The highest BCUT2D eigenvalue weighted by molar-refractivity contribution is 7.99. The van der Waals surface area contributed by atoms with Crippen LogP contribution >= 0.6 is 58.2 Å². The van der Waals surface area contributed by atoms with Gasteiger partial charge in [-0.2, -0.15) is 0 Å². The third kappa shape index (κ3) is 14.3. The molecule has 0 spiro atoms. The van der Waals surface area contributed by atoms with Crippen molar-refractivity contribution in [2.24, 2.45) is 0 Å². The highest BCUT2D eigenvalue weighted by Gasteiger charge is 2.30. The second-order valence-electron chi connectivity index (χ2n) is 18.7. The van der Waals surface area contributed by atoms with Crippen LogP contribution < -0.4 is 20.9 Å². The maximum Gasteiger partial charge on any atom is 0.287 e. The molecule has 0 saturated heterocycles. The van der Waals surface area contributed by atoms with Crippen molar-refractivity contribution in [3.05, 3.63) is 114 Å². The van der Waals surface area contributed by atoms with Gasteiger partial charge in [0.1, 0.15) is 22.2 Å². The molecule has 0 aliphatic heterocycles. The van der Waals surface area contributed by atoms with E-state index in [9.17, 15) is 18.0 Å². The maximum absolute atomic E-state index is 14.5. The fourth-order valence-corrected chi connectivity index (χ4v) is 11.4. The maximum atomic E-state index is 14.5. The summed E-state index contributed by atoms with van der Waals surface area (Å²) in [6, 6.07) is 20.9. The molecule has 0 aliphatic rings. The van der Waals surface area contributed by atoms with Crippen LogP contribution in [0.2, 0.25) is 20.1 Å². The summed E-state index contributed by atoms with van der Waals surface area (Å²) in [6.07, 6.45) is 12.4. The number of aromatic amines is 1. The van der Waals surface area contributed by atoms with Crippen LogP contribution in [0.4, 0.5) is 17.2 Å². The Bertz CT molecular complexity index is 2660. The van der Waals surface area contributed by atoms with E-state index in [-0.39, 0.29) is 63.9 Å². The zero-order valence-corrected chi connectivity index (χ0v) is 45.4. The van der Waals surface area contributed by atoms with Crippen molar-refractivity contribution in [2.75, 3.05) is 16.4 Å². The smallest absolute Gasteiger partial charge is 0.287 e. The molecule has 3 N–H and O–H groups in total. The molecule has 5 aromatic rings. The Hall–Kier alpha value is -3.58. The molecule has 1 unspecified atom stereocenters. The lowest BCUT2D eigenvalue weighted by molar-refractivity contribution is -0.122. The molecule has 0 saturated carbocycles. The number of H-pyrrole nitrogens is 1. The Morgan fingerprint density at radius 3 is 1.97 bits per heavy atom. The van der Waals surface area contributed by atoms with E-state index in [0.29, 0.717) is 34.9 Å². The summed E-state index contributed by atoms with van der Waals surface area (Å²) < 4.78 is 34.6. The number of ether oxygens (including phenoxy) is 1. The number of para-hydroxylation sites is 1. The summed E-state index contributed by atoms with van der Waals surface area (Å²) in [7, 11) is -3.60. The van der Waals surface area contributed by atoms with Gasteiger partial charge in [0.25, 0.3) is 11.5 Å². The van der Waals surface area contributed by atoms with E-state index in [0.717, 1.165) is 49.4 Å². The normalized spacial score (nSPS) is 12.6. The first kappa shape index (κ1) is 55.3. The Labute approximate surface area is 428 Å². The second kappa shape index (κ2) is 25.0. The first-order valence-corrected chi connectivity index (χ1v) is 27.9. The highest BCUT2D eigenvalue weighted by atomic mass is 35.5. The van der Waals surface area contributed by atoms with E-state index in [1.807, 2.05) is 13.0 Å². The standard InChI is InChI=1S/C53H68Cl4N4O5S2/c1-9-13-14-15-16-17-18-19-20-23-30-68(64,65)37-27-28-42(39(55)34-37)58-49-48(51(63)61(60-49)47-40(56)32-36(54)33-41(47)57)67-46-25-22-21-24-43(46)59-50(62)44(10-2)66-45-29-26-35(52(5,6)11-3)31-38(45)53(7,8)12-4/h21-22,24-29,31-34,44,58,60H,9-20,23,30H2,1-8H3,(H,59,62). The Balaban J connectivity index is 1.41. The van der Waals surface area contributed by atoms with Crippen LogP contribution in [0.25, 0.3) is 5.69 Å². The molecule has 1 aromatic heterocycles. The molecule has 9 nitrogen and oxygen atoms in total. The number of benzene rings is 4. The topological polar surface area (TPSA) is 122 Å². The molecule has 4 aromatic carbocycles. The third-order valence-corrected chi connectivity index (χ3v) is 17.0. The summed E-state index contributed by atoms with van der Waals surface area (Å²) in [5.41, 5.74) is 2.46. The molecule has 370 valence electrons. The van der Waals surface area contributed by atoms with Crippen molar-refractivity contribution in [1.82, 2.24) is 9.78 Å². The Morgan fingerprint density at radius 1 is 0.750 bits per heavy atom. The minimum Gasteiger partial charge on any atom is -0.480 e. The molecular weight excluding hydrogens is 979 g/mol.